The molecule has 0 aromatic carbocycles. The maximum Gasteiger partial charge on any atom is 0.220 e. The van der Waals surface area contributed by atoms with Crippen molar-refractivity contribution in [3.63, 3.8) is 0 Å². The molecule has 2 fully saturated rings. The number of likely N-dealkylation sites (tertiary alicyclic amines) is 1. The fourth-order valence-electron chi connectivity index (χ4n) is 3.08. The minimum Gasteiger partial charge on any atom is -0.356 e. The summed E-state index contributed by atoms with van der Waals surface area (Å²) in [5.41, 5.74) is 0. The van der Waals surface area contributed by atoms with Crippen molar-refractivity contribution >= 4 is 5.91 Å². The summed E-state index contributed by atoms with van der Waals surface area (Å²) < 4.78 is 0. The molecule has 0 radical (unpaired) electrons. The summed E-state index contributed by atoms with van der Waals surface area (Å²) >= 11 is 0. The highest BCUT2D eigenvalue weighted by Gasteiger charge is 2.19. The molecule has 1 amide bonds. The highest BCUT2D eigenvalue weighted by atomic mass is 16.1. The molecule has 2 saturated heterocycles. The van der Waals surface area contributed by atoms with Crippen molar-refractivity contribution in [1.29, 1.82) is 0 Å². The van der Waals surface area contributed by atoms with Gasteiger partial charge in [0.2, 0.25) is 5.91 Å². The van der Waals surface area contributed by atoms with Crippen LogP contribution < -0.4 is 10.6 Å². The Labute approximate surface area is 110 Å². The molecule has 0 bridgehead atoms. The molecule has 2 N–H and O–H groups in total. The second-order valence-electron chi connectivity index (χ2n) is 5.97. The molecule has 0 aromatic heterocycles. The molecule has 104 valence electrons. The van der Waals surface area contributed by atoms with Gasteiger partial charge in [-0.1, -0.05) is 0 Å². The second kappa shape index (κ2) is 7.10. The minimum absolute atomic E-state index is 0.245. The Morgan fingerprint density at radius 3 is 3.00 bits per heavy atom. The molecule has 0 aliphatic carbocycles. The number of nitrogens with one attached hydrogen (secondary N) is 2. The number of amides is 1. The number of rotatable bonds is 5. The van der Waals surface area contributed by atoms with Crippen molar-refractivity contribution in [2.75, 3.05) is 39.8 Å². The number of hydrogen-bond acceptors (Lipinski definition) is 3. The van der Waals surface area contributed by atoms with Gasteiger partial charge in [0.1, 0.15) is 0 Å². The highest BCUT2D eigenvalue weighted by Crippen LogP contribution is 2.19. The monoisotopic (exact) mass is 253 g/mol. The first-order chi connectivity index (χ1) is 8.74. The van der Waals surface area contributed by atoms with Crippen LogP contribution in [0.2, 0.25) is 0 Å². The van der Waals surface area contributed by atoms with Crippen LogP contribution in [0.5, 0.6) is 0 Å². The molecule has 18 heavy (non-hydrogen) atoms. The first kappa shape index (κ1) is 13.8. The Balaban J connectivity index is 1.56. The standard InChI is InChI=1S/C14H27N3O/c1-17-8-2-3-12(11-17)4-5-14(18)16-10-13-6-7-15-9-13/h12-13,15H,2-11H2,1H3,(H,16,18). The number of hydrogen-bond donors (Lipinski definition) is 2. The molecule has 2 rings (SSSR count). The molecule has 0 spiro atoms. The van der Waals surface area contributed by atoms with E-state index in [1.165, 1.54) is 32.4 Å². The van der Waals surface area contributed by atoms with Crippen molar-refractivity contribution < 1.29 is 4.79 Å². The summed E-state index contributed by atoms with van der Waals surface area (Å²) in [5.74, 6) is 1.62. The molecule has 4 nitrogen and oxygen atoms in total. The SMILES string of the molecule is CN1CCCC(CCC(=O)NCC2CCNC2)C1. The lowest BCUT2D eigenvalue weighted by atomic mass is 9.93. The number of piperidine rings is 1. The van der Waals surface area contributed by atoms with E-state index in [-0.39, 0.29) is 5.91 Å². The van der Waals surface area contributed by atoms with Gasteiger partial charge in [-0.25, -0.2) is 0 Å². The first-order valence-electron chi connectivity index (χ1n) is 7.40. The third kappa shape index (κ3) is 4.58. The zero-order valence-electron chi connectivity index (χ0n) is 11.6. The lowest BCUT2D eigenvalue weighted by molar-refractivity contribution is -0.121. The van der Waals surface area contributed by atoms with Gasteiger partial charge in [-0.15, -0.1) is 0 Å². The van der Waals surface area contributed by atoms with Crippen LogP contribution in [0.4, 0.5) is 0 Å². The fourth-order valence-corrected chi connectivity index (χ4v) is 3.08. The summed E-state index contributed by atoms with van der Waals surface area (Å²) in [6.45, 7) is 5.41. The van der Waals surface area contributed by atoms with Crippen LogP contribution in [-0.2, 0) is 4.79 Å². The van der Waals surface area contributed by atoms with Crippen LogP contribution in [0.15, 0.2) is 0 Å². The van der Waals surface area contributed by atoms with Crippen LogP contribution in [0.1, 0.15) is 32.1 Å². The maximum atomic E-state index is 11.8. The van der Waals surface area contributed by atoms with E-state index < -0.39 is 0 Å². The summed E-state index contributed by atoms with van der Waals surface area (Å²) in [5, 5.41) is 6.41. The van der Waals surface area contributed by atoms with Crippen molar-refractivity contribution in [1.82, 2.24) is 15.5 Å². The van der Waals surface area contributed by atoms with E-state index in [1.807, 2.05) is 0 Å². The van der Waals surface area contributed by atoms with Crippen molar-refractivity contribution in [3.8, 4) is 0 Å². The third-order valence-corrected chi connectivity index (χ3v) is 4.25. The van der Waals surface area contributed by atoms with E-state index in [4.69, 9.17) is 0 Å². The molecule has 0 saturated carbocycles. The Bertz CT molecular complexity index is 264. The number of carbonyl (C=O) groups is 1. The summed E-state index contributed by atoms with van der Waals surface area (Å²) in [6.07, 6.45) is 5.55. The van der Waals surface area contributed by atoms with E-state index >= 15 is 0 Å². The largest absolute Gasteiger partial charge is 0.356 e. The van der Waals surface area contributed by atoms with Crippen LogP contribution in [0, 0.1) is 11.8 Å². The molecule has 2 aliphatic heterocycles. The van der Waals surface area contributed by atoms with Crippen LogP contribution in [0.25, 0.3) is 0 Å². The van der Waals surface area contributed by atoms with E-state index in [0.29, 0.717) is 12.3 Å². The normalized spacial score (nSPS) is 29.4. The van der Waals surface area contributed by atoms with Crippen molar-refractivity contribution in [3.05, 3.63) is 0 Å². The summed E-state index contributed by atoms with van der Waals surface area (Å²) in [4.78, 5) is 14.2. The molecule has 2 atom stereocenters. The van der Waals surface area contributed by atoms with Crippen molar-refractivity contribution in [2.45, 2.75) is 32.1 Å². The van der Waals surface area contributed by atoms with Gasteiger partial charge in [-0.3, -0.25) is 4.79 Å². The average Bonchev–Trinajstić information content (AvgIpc) is 2.87. The van der Waals surface area contributed by atoms with Gasteiger partial charge in [0, 0.05) is 19.5 Å². The molecule has 2 heterocycles. The molecular formula is C14H27N3O. The zero-order chi connectivity index (χ0) is 12.8. The predicted molar refractivity (Wildman–Crippen MR) is 73.4 cm³/mol. The summed E-state index contributed by atoms with van der Waals surface area (Å²) in [6, 6.07) is 0. The van der Waals surface area contributed by atoms with Gasteiger partial charge < -0.3 is 15.5 Å². The van der Waals surface area contributed by atoms with Gasteiger partial charge in [0.15, 0.2) is 0 Å². The number of carbonyl (C=O) groups excluding carboxylic acids is 1. The van der Waals surface area contributed by atoms with Gasteiger partial charge in [0.05, 0.1) is 0 Å². The topological polar surface area (TPSA) is 44.4 Å². The Morgan fingerprint density at radius 1 is 1.39 bits per heavy atom. The third-order valence-electron chi connectivity index (χ3n) is 4.25. The smallest absolute Gasteiger partial charge is 0.220 e. The zero-order valence-corrected chi connectivity index (χ0v) is 11.6. The maximum absolute atomic E-state index is 11.8. The molecule has 2 unspecified atom stereocenters. The quantitative estimate of drug-likeness (QED) is 0.763. The van der Waals surface area contributed by atoms with E-state index in [1.54, 1.807) is 0 Å². The van der Waals surface area contributed by atoms with Crippen LogP contribution in [0.3, 0.4) is 0 Å². The summed E-state index contributed by atoms with van der Waals surface area (Å²) in [7, 11) is 2.18. The fraction of sp³-hybridized carbons (Fsp3) is 0.929. The van der Waals surface area contributed by atoms with E-state index in [2.05, 4.69) is 22.6 Å². The Hall–Kier alpha value is -0.610. The lowest BCUT2D eigenvalue weighted by Crippen LogP contribution is -2.34. The molecule has 0 aromatic rings. The van der Waals surface area contributed by atoms with Crippen molar-refractivity contribution in [2.24, 2.45) is 11.8 Å². The van der Waals surface area contributed by atoms with Crippen LogP contribution >= 0.6 is 0 Å². The first-order valence-corrected chi connectivity index (χ1v) is 7.40. The Kier molecular flexibility index (Phi) is 5.45. The molecular weight excluding hydrogens is 226 g/mol. The second-order valence-corrected chi connectivity index (χ2v) is 5.97. The number of nitrogens with zero attached hydrogens (tertiary/aromatic N) is 1. The predicted octanol–water partition coefficient (Wildman–Crippen LogP) is 0.834. The van der Waals surface area contributed by atoms with E-state index in [0.717, 1.165) is 32.0 Å². The van der Waals surface area contributed by atoms with Gasteiger partial charge >= 0.3 is 0 Å². The van der Waals surface area contributed by atoms with E-state index in [9.17, 15) is 4.79 Å². The molecule has 2 aliphatic rings. The highest BCUT2D eigenvalue weighted by molar-refractivity contribution is 5.75. The molecule has 4 heteroatoms. The lowest BCUT2D eigenvalue weighted by Gasteiger charge is -2.29. The van der Waals surface area contributed by atoms with Gasteiger partial charge in [-0.2, -0.15) is 0 Å². The Morgan fingerprint density at radius 2 is 2.28 bits per heavy atom. The van der Waals surface area contributed by atoms with Gasteiger partial charge in [-0.05, 0) is 64.2 Å². The van der Waals surface area contributed by atoms with Gasteiger partial charge in [0.25, 0.3) is 0 Å². The minimum atomic E-state index is 0.245. The van der Waals surface area contributed by atoms with Crippen LogP contribution in [-0.4, -0.2) is 50.6 Å². The average molecular weight is 253 g/mol.